The lowest BCUT2D eigenvalue weighted by molar-refractivity contribution is -0.126. The van der Waals surface area contributed by atoms with Crippen LogP contribution in [0.15, 0.2) is 45.3 Å². The topological polar surface area (TPSA) is 62.6 Å². The zero-order valence-corrected chi connectivity index (χ0v) is 12.8. The lowest BCUT2D eigenvalue weighted by atomic mass is 10.2. The average molecular weight is 316 g/mol. The van der Waals surface area contributed by atoms with E-state index < -0.39 is 0 Å². The number of thiophene rings is 1. The van der Waals surface area contributed by atoms with Crippen LogP contribution in [-0.2, 0) is 4.79 Å². The molecular weight excluding hydrogens is 300 g/mol. The fourth-order valence-corrected chi connectivity index (χ4v) is 2.98. The Hall–Kier alpha value is -2.34. The molecule has 2 amide bonds. The molecule has 114 valence electrons. The Morgan fingerprint density at radius 1 is 1.27 bits per heavy atom. The number of hydrogen-bond donors (Lipinski definition) is 1. The van der Waals surface area contributed by atoms with Crippen LogP contribution in [0.1, 0.15) is 29.0 Å². The molecule has 0 atom stereocenters. The maximum Gasteiger partial charge on any atom is 0.270 e. The molecular formula is C16H16N2O3S. The van der Waals surface area contributed by atoms with Gasteiger partial charge in [0.25, 0.3) is 11.8 Å². The summed E-state index contributed by atoms with van der Waals surface area (Å²) in [5, 5.41) is 6.29. The van der Waals surface area contributed by atoms with Crippen LogP contribution in [0.4, 0.5) is 0 Å². The quantitative estimate of drug-likeness (QED) is 0.882. The van der Waals surface area contributed by atoms with Crippen LogP contribution in [0, 0.1) is 0 Å². The summed E-state index contributed by atoms with van der Waals surface area (Å²) in [6, 6.07) is 5.21. The van der Waals surface area contributed by atoms with E-state index in [0.29, 0.717) is 11.3 Å². The van der Waals surface area contributed by atoms with E-state index in [0.717, 1.165) is 25.9 Å². The highest BCUT2D eigenvalue weighted by Gasteiger charge is 2.23. The number of hydrogen-bond acceptors (Lipinski definition) is 4. The molecule has 2 aromatic rings. The minimum Gasteiger partial charge on any atom is -0.465 e. The number of rotatable bonds is 4. The van der Waals surface area contributed by atoms with Gasteiger partial charge in [-0.25, -0.2) is 0 Å². The van der Waals surface area contributed by atoms with E-state index in [2.05, 4.69) is 5.32 Å². The SMILES string of the molecule is O=C(NC(=Cc1ccco1)C(=O)N1CCCC1)c1ccsc1. The molecule has 5 nitrogen and oxygen atoms in total. The fourth-order valence-electron chi connectivity index (χ4n) is 2.35. The third-order valence-corrected chi connectivity index (χ3v) is 4.17. The molecule has 0 bridgehead atoms. The van der Waals surface area contributed by atoms with Crippen molar-refractivity contribution in [1.82, 2.24) is 10.2 Å². The van der Waals surface area contributed by atoms with Gasteiger partial charge in [-0.05, 0) is 36.4 Å². The third-order valence-electron chi connectivity index (χ3n) is 3.49. The van der Waals surface area contributed by atoms with Gasteiger partial charge in [0.1, 0.15) is 11.5 Å². The second-order valence-corrected chi connectivity index (χ2v) is 5.82. The zero-order chi connectivity index (χ0) is 15.4. The molecule has 1 N–H and O–H groups in total. The summed E-state index contributed by atoms with van der Waals surface area (Å²) in [5.41, 5.74) is 0.789. The van der Waals surface area contributed by atoms with Gasteiger partial charge in [0.05, 0.1) is 11.8 Å². The van der Waals surface area contributed by atoms with Crippen LogP contribution >= 0.6 is 11.3 Å². The number of nitrogens with one attached hydrogen (secondary N) is 1. The van der Waals surface area contributed by atoms with Crippen LogP contribution in [0.3, 0.4) is 0 Å². The van der Waals surface area contributed by atoms with Crippen molar-refractivity contribution in [2.75, 3.05) is 13.1 Å². The predicted octanol–water partition coefficient (Wildman–Crippen LogP) is 2.73. The monoisotopic (exact) mass is 316 g/mol. The molecule has 0 radical (unpaired) electrons. The smallest absolute Gasteiger partial charge is 0.270 e. The normalized spacial score (nSPS) is 15.1. The van der Waals surface area contributed by atoms with Crippen molar-refractivity contribution in [1.29, 1.82) is 0 Å². The van der Waals surface area contributed by atoms with Gasteiger partial charge in [0.15, 0.2) is 0 Å². The number of nitrogens with zero attached hydrogens (tertiary/aromatic N) is 1. The van der Waals surface area contributed by atoms with Crippen LogP contribution in [0.5, 0.6) is 0 Å². The van der Waals surface area contributed by atoms with E-state index in [1.54, 1.807) is 34.6 Å². The summed E-state index contributed by atoms with van der Waals surface area (Å²) in [6.07, 6.45) is 5.10. The van der Waals surface area contributed by atoms with E-state index in [9.17, 15) is 9.59 Å². The molecule has 1 aliphatic rings. The van der Waals surface area contributed by atoms with Crippen LogP contribution in [0.25, 0.3) is 6.08 Å². The lowest BCUT2D eigenvalue weighted by Gasteiger charge is -2.17. The van der Waals surface area contributed by atoms with Crippen molar-refractivity contribution in [3.05, 3.63) is 52.2 Å². The Kier molecular flexibility index (Phi) is 4.39. The molecule has 0 saturated carbocycles. The van der Waals surface area contributed by atoms with E-state index in [4.69, 9.17) is 4.42 Å². The van der Waals surface area contributed by atoms with Crippen molar-refractivity contribution in [2.24, 2.45) is 0 Å². The van der Waals surface area contributed by atoms with Gasteiger partial charge < -0.3 is 14.6 Å². The average Bonchev–Trinajstić information content (AvgIpc) is 3.26. The summed E-state index contributed by atoms with van der Waals surface area (Å²) in [5.74, 6) is 0.0808. The van der Waals surface area contributed by atoms with Crippen molar-refractivity contribution in [2.45, 2.75) is 12.8 Å². The van der Waals surface area contributed by atoms with Gasteiger partial charge in [0.2, 0.25) is 0 Å². The minimum absolute atomic E-state index is 0.169. The molecule has 1 aliphatic heterocycles. The Balaban J connectivity index is 1.82. The summed E-state index contributed by atoms with van der Waals surface area (Å²) < 4.78 is 5.25. The fraction of sp³-hybridized carbons (Fsp3) is 0.250. The summed E-state index contributed by atoms with van der Waals surface area (Å²) in [7, 11) is 0. The van der Waals surface area contributed by atoms with Crippen LogP contribution < -0.4 is 5.32 Å². The van der Waals surface area contributed by atoms with Gasteiger partial charge in [-0.15, -0.1) is 0 Å². The Morgan fingerprint density at radius 3 is 2.73 bits per heavy atom. The van der Waals surface area contributed by atoms with E-state index in [1.165, 1.54) is 17.6 Å². The summed E-state index contributed by atoms with van der Waals surface area (Å²) in [6.45, 7) is 1.45. The van der Waals surface area contributed by atoms with Crippen molar-refractivity contribution in [3.63, 3.8) is 0 Å². The highest BCUT2D eigenvalue weighted by atomic mass is 32.1. The Bertz CT molecular complexity index is 668. The number of furan rings is 1. The summed E-state index contributed by atoms with van der Waals surface area (Å²) in [4.78, 5) is 26.6. The second-order valence-electron chi connectivity index (χ2n) is 5.04. The van der Waals surface area contributed by atoms with Crippen molar-refractivity contribution < 1.29 is 14.0 Å². The van der Waals surface area contributed by atoms with E-state index >= 15 is 0 Å². The molecule has 0 aromatic carbocycles. The van der Waals surface area contributed by atoms with Gasteiger partial charge in [-0.2, -0.15) is 11.3 Å². The number of carbonyl (C=O) groups excluding carboxylic acids is 2. The van der Waals surface area contributed by atoms with Gasteiger partial charge >= 0.3 is 0 Å². The summed E-state index contributed by atoms with van der Waals surface area (Å²) >= 11 is 1.44. The third kappa shape index (κ3) is 3.28. The highest BCUT2D eigenvalue weighted by Crippen LogP contribution is 2.15. The van der Waals surface area contributed by atoms with Gasteiger partial charge in [0, 0.05) is 24.5 Å². The molecule has 22 heavy (non-hydrogen) atoms. The van der Waals surface area contributed by atoms with Crippen molar-refractivity contribution >= 4 is 29.2 Å². The van der Waals surface area contributed by atoms with Crippen LogP contribution in [-0.4, -0.2) is 29.8 Å². The first-order chi connectivity index (χ1) is 10.7. The largest absolute Gasteiger partial charge is 0.465 e. The Morgan fingerprint density at radius 2 is 2.09 bits per heavy atom. The minimum atomic E-state index is -0.286. The molecule has 0 spiro atoms. The lowest BCUT2D eigenvalue weighted by Crippen LogP contribution is -2.36. The second kappa shape index (κ2) is 6.62. The first kappa shape index (κ1) is 14.6. The van der Waals surface area contributed by atoms with Crippen LogP contribution in [0.2, 0.25) is 0 Å². The maximum atomic E-state index is 12.6. The molecule has 3 heterocycles. The number of likely N-dealkylation sites (tertiary alicyclic amines) is 1. The first-order valence-corrected chi connectivity index (χ1v) is 8.06. The highest BCUT2D eigenvalue weighted by molar-refractivity contribution is 7.08. The number of carbonyl (C=O) groups is 2. The molecule has 1 saturated heterocycles. The molecule has 3 rings (SSSR count). The first-order valence-electron chi connectivity index (χ1n) is 7.12. The Labute approximate surface area is 132 Å². The van der Waals surface area contributed by atoms with Gasteiger partial charge in [-0.1, -0.05) is 0 Å². The predicted molar refractivity (Wildman–Crippen MR) is 84.3 cm³/mol. The molecule has 1 fully saturated rings. The molecule has 2 aromatic heterocycles. The molecule has 0 aliphatic carbocycles. The molecule has 0 unspecified atom stereocenters. The molecule has 6 heteroatoms. The van der Waals surface area contributed by atoms with E-state index in [1.807, 2.05) is 5.38 Å². The standard InChI is InChI=1S/C16H16N2O3S/c19-15(12-5-9-22-11-12)17-14(10-13-4-3-8-21-13)16(20)18-6-1-2-7-18/h3-5,8-11H,1-2,6-7H2,(H,17,19). The van der Waals surface area contributed by atoms with Gasteiger partial charge in [-0.3, -0.25) is 9.59 Å². The maximum absolute atomic E-state index is 12.6. The van der Waals surface area contributed by atoms with Crippen molar-refractivity contribution in [3.8, 4) is 0 Å². The number of amides is 2. The zero-order valence-electron chi connectivity index (χ0n) is 12.0. The van der Waals surface area contributed by atoms with E-state index in [-0.39, 0.29) is 17.5 Å².